The van der Waals surface area contributed by atoms with E-state index >= 15 is 0 Å². The molecule has 4 heteroatoms. The van der Waals surface area contributed by atoms with Crippen LogP contribution in [0.25, 0.3) is 0 Å². The summed E-state index contributed by atoms with van der Waals surface area (Å²) in [7, 11) is 0. The van der Waals surface area contributed by atoms with Crippen molar-refractivity contribution in [2.75, 3.05) is 13.1 Å². The Morgan fingerprint density at radius 2 is 1.50 bits per heavy atom. The molecule has 0 aromatic heterocycles. The van der Waals surface area contributed by atoms with Crippen LogP contribution in [0, 0.1) is 5.82 Å². The monoisotopic (exact) mass is 328 g/mol. The molecular weight excluding hydrogens is 303 g/mol. The van der Waals surface area contributed by atoms with Gasteiger partial charge in [-0.15, -0.1) is 0 Å². The molecule has 3 nitrogen and oxygen atoms in total. The minimum atomic E-state index is -0.184. The van der Waals surface area contributed by atoms with Gasteiger partial charge in [-0.25, -0.2) is 4.39 Å². The maximum atomic E-state index is 13.1. The summed E-state index contributed by atoms with van der Waals surface area (Å²) in [5.41, 5.74) is 2.29. The average molecular weight is 328 g/mol. The van der Waals surface area contributed by atoms with E-state index in [0.717, 1.165) is 37.3 Å². The lowest BCUT2D eigenvalue weighted by molar-refractivity contribution is 0.0328. The van der Waals surface area contributed by atoms with Crippen molar-refractivity contribution in [2.24, 2.45) is 0 Å². The number of hydrogen-bond acceptors (Lipinski definition) is 3. The molecule has 0 aliphatic carbocycles. The van der Waals surface area contributed by atoms with Crippen molar-refractivity contribution in [1.29, 1.82) is 0 Å². The van der Waals surface area contributed by atoms with Crippen LogP contribution >= 0.6 is 0 Å². The normalized spacial score (nSPS) is 22.6. The zero-order chi connectivity index (χ0) is 17.1. The van der Waals surface area contributed by atoms with Crippen molar-refractivity contribution in [2.45, 2.75) is 39.0 Å². The molecule has 0 saturated carbocycles. The molecule has 2 atom stereocenters. The van der Waals surface area contributed by atoms with E-state index < -0.39 is 0 Å². The van der Waals surface area contributed by atoms with Crippen LogP contribution in [0.5, 0.6) is 5.75 Å². The van der Waals surface area contributed by atoms with Gasteiger partial charge in [-0.2, -0.15) is 0 Å². The third kappa shape index (κ3) is 4.13. The van der Waals surface area contributed by atoms with E-state index in [1.54, 1.807) is 6.07 Å². The highest BCUT2D eigenvalue weighted by Gasteiger charge is 2.28. The Bertz CT molecular complexity index is 674. The van der Waals surface area contributed by atoms with Gasteiger partial charge < -0.3 is 5.11 Å². The zero-order valence-corrected chi connectivity index (χ0v) is 14.3. The first-order chi connectivity index (χ1) is 11.5. The molecule has 24 heavy (non-hydrogen) atoms. The number of halogens is 1. The maximum Gasteiger partial charge on any atom is 0.123 e. The molecule has 1 fully saturated rings. The van der Waals surface area contributed by atoms with Crippen molar-refractivity contribution in [3.63, 3.8) is 0 Å². The Balaban J connectivity index is 1.62. The molecule has 2 aromatic carbocycles. The van der Waals surface area contributed by atoms with Gasteiger partial charge in [0.1, 0.15) is 11.6 Å². The Labute approximate surface area is 143 Å². The van der Waals surface area contributed by atoms with Crippen LogP contribution in [0.2, 0.25) is 0 Å². The molecule has 1 N–H and O–H groups in total. The molecule has 128 valence electrons. The lowest BCUT2D eigenvalue weighted by atomic mass is 10.1. The van der Waals surface area contributed by atoms with Crippen LogP contribution in [0.15, 0.2) is 48.5 Å². The van der Waals surface area contributed by atoms with Gasteiger partial charge in [0.15, 0.2) is 0 Å². The number of rotatable bonds is 4. The van der Waals surface area contributed by atoms with Gasteiger partial charge in [0.25, 0.3) is 0 Å². The first-order valence-electron chi connectivity index (χ1n) is 8.51. The quantitative estimate of drug-likeness (QED) is 0.928. The fourth-order valence-electron chi connectivity index (χ4n) is 3.42. The molecule has 2 aromatic rings. The van der Waals surface area contributed by atoms with Gasteiger partial charge in [-0.1, -0.05) is 24.3 Å². The van der Waals surface area contributed by atoms with Crippen LogP contribution in [0.4, 0.5) is 4.39 Å². The van der Waals surface area contributed by atoms with Crippen LogP contribution in [-0.4, -0.2) is 40.1 Å². The molecule has 0 spiro atoms. The second-order valence-corrected chi connectivity index (χ2v) is 6.85. The third-order valence-corrected chi connectivity index (χ3v) is 4.84. The Hall–Kier alpha value is -1.91. The van der Waals surface area contributed by atoms with E-state index in [0.29, 0.717) is 17.8 Å². The van der Waals surface area contributed by atoms with Gasteiger partial charge >= 0.3 is 0 Å². The molecule has 0 radical (unpaired) electrons. The highest BCUT2D eigenvalue weighted by atomic mass is 19.1. The second-order valence-electron chi connectivity index (χ2n) is 6.85. The van der Waals surface area contributed by atoms with E-state index in [1.807, 2.05) is 24.3 Å². The van der Waals surface area contributed by atoms with Gasteiger partial charge in [0.2, 0.25) is 0 Å². The molecule has 3 rings (SSSR count). The summed E-state index contributed by atoms with van der Waals surface area (Å²) in [5, 5.41) is 9.63. The van der Waals surface area contributed by atoms with Crippen LogP contribution in [0.1, 0.15) is 25.0 Å². The Morgan fingerprint density at radius 1 is 0.917 bits per heavy atom. The van der Waals surface area contributed by atoms with E-state index in [9.17, 15) is 9.50 Å². The lowest BCUT2D eigenvalue weighted by Crippen LogP contribution is -2.55. The Morgan fingerprint density at radius 3 is 2.08 bits per heavy atom. The third-order valence-electron chi connectivity index (χ3n) is 4.84. The molecule has 1 aliphatic rings. The number of phenols is 1. The van der Waals surface area contributed by atoms with Gasteiger partial charge in [0, 0.05) is 38.3 Å². The SMILES string of the molecule is C[C@@H]1CN(Cc2cccc(O)c2)[C@@H](C)CN1Cc1ccc(F)cc1. The van der Waals surface area contributed by atoms with Crippen molar-refractivity contribution >= 4 is 0 Å². The number of aromatic hydroxyl groups is 1. The number of nitrogens with zero attached hydrogens (tertiary/aromatic N) is 2. The van der Waals surface area contributed by atoms with E-state index in [2.05, 4.69) is 29.7 Å². The first kappa shape index (κ1) is 16.9. The summed E-state index contributed by atoms with van der Waals surface area (Å²) in [6, 6.07) is 15.2. The second kappa shape index (κ2) is 7.32. The maximum absolute atomic E-state index is 13.1. The smallest absolute Gasteiger partial charge is 0.123 e. The Kier molecular flexibility index (Phi) is 5.17. The lowest BCUT2D eigenvalue weighted by Gasteiger charge is -2.44. The molecule has 1 saturated heterocycles. The number of piperazine rings is 1. The van der Waals surface area contributed by atoms with E-state index in [4.69, 9.17) is 0 Å². The van der Waals surface area contributed by atoms with Crippen molar-refractivity contribution in [3.05, 3.63) is 65.5 Å². The largest absolute Gasteiger partial charge is 0.508 e. The van der Waals surface area contributed by atoms with Gasteiger partial charge in [-0.05, 0) is 49.2 Å². The van der Waals surface area contributed by atoms with Gasteiger partial charge in [0.05, 0.1) is 0 Å². The first-order valence-corrected chi connectivity index (χ1v) is 8.51. The van der Waals surface area contributed by atoms with Crippen LogP contribution in [-0.2, 0) is 13.1 Å². The highest BCUT2D eigenvalue weighted by Crippen LogP contribution is 2.21. The summed E-state index contributed by atoms with van der Waals surface area (Å²) in [6.45, 7) is 8.16. The predicted molar refractivity (Wildman–Crippen MR) is 94.3 cm³/mol. The fraction of sp³-hybridized carbons (Fsp3) is 0.400. The summed E-state index contributed by atoms with van der Waals surface area (Å²) in [5.74, 6) is 0.138. The molecule has 1 heterocycles. The van der Waals surface area contributed by atoms with Crippen molar-refractivity contribution in [3.8, 4) is 5.75 Å². The predicted octanol–water partition coefficient (Wildman–Crippen LogP) is 3.63. The summed E-state index contributed by atoms with van der Waals surface area (Å²) >= 11 is 0. The molecule has 1 aliphatic heterocycles. The minimum Gasteiger partial charge on any atom is -0.508 e. The number of benzene rings is 2. The van der Waals surface area contributed by atoms with Gasteiger partial charge in [-0.3, -0.25) is 9.80 Å². The van der Waals surface area contributed by atoms with Crippen LogP contribution in [0.3, 0.4) is 0 Å². The van der Waals surface area contributed by atoms with Crippen molar-refractivity contribution in [1.82, 2.24) is 9.80 Å². The molecular formula is C20H25FN2O. The molecule has 0 bridgehead atoms. The summed E-state index contributed by atoms with van der Waals surface area (Å²) in [6.07, 6.45) is 0. The van der Waals surface area contributed by atoms with Crippen LogP contribution < -0.4 is 0 Å². The number of hydrogen-bond donors (Lipinski definition) is 1. The standard InChI is InChI=1S/C20H25FN2O/c1-15-12-23(14-18-4-3-5-20(24)10-18)16(2)11-22(15)13-17-6-8-19(21)9-7-17/h3-10,15-16,24H,11-14H2,1-2H3/t15-,16+/m1/s1. The summed E-state index contributed by atoms with van der Waals surface area (Å²) < 4.78 is 13.1. The highest BCUT2D eigenvalue weighted by molar-refractivity contribution is 5.27. The van der Waals surface area contributed by atoms with Crippen molar-refractivity contribution < 1.29 is 9.50 Å². The number of phenolic OH excluding ortho intramolecular Hbond substituents is 1. The van der Waals surface area contributed by atoms with E-state index in [-0.39, 0.29) is 5.82 Å². The van der Waals surface area contributed by atoms with E-state index in [1.165, 1.54) is 12.1 Å². The minimum absolute atomic E-state index is 0.184. The fourth-order valence-corrected chi connectivity index (χ4v) is 3.42. The summed E-state index contributed by atoms with van der Waals surface area (Å²) in [4.78, 5) is 4.91. The molecule has 0 unspecified atom stereocenters. The molecule has 0 amide bonds. The zero-order valence-electron chi connectivity index (χ0n) is 14.3. The topological polar surface area (TPSA) is 26.7 Å². The average Bonchev–Trinajstić information content (AvgIpc) is 2.54.